The van der Waals surface area contributed by atoms with E-state index in [1.165, 1.54) is 6.92 Å². The molecular formula is C12H14N2O3. The Kier molecular flexibility index (Phi) is 4.82. The molecule has 1 rings (SSSR count). The number of rotatable bonds is 5. The van der Waals surface area contributed by atoms with Crippen LogP contribution in [0.1, 0.15) is 12.5 Å². The minimum absolute atomic E-state index is 0.273. The molecule has 5 nitrogen and oxygen atoms in total. The fourth-order valence-corrected chi connectivity index (χ4v) is 1.30. The minimum Gasteiger partial charge on any atom is -0.495 e. The third kappa shape index (κ3) is 4.03. The van der Waals surface area contributed by atoms with Crippen molar-refractivity contribution in [1.82, 2.24) is 0 Å². The maximum Gasteiger partial charge on any atom is 0.302 e. The summed E-state index contributed by atoms with van der Waals surface area (Å²) in [7, 11) is 1.55. The second-order valence-electron chi connectivity index (χ2n) is 3.29. The highest BCUT2D eigenvalue weighted by atomic mass is 16.5. The summed E-state index contributed by atoms with van der Waals surface area (Å²) < 4.78 is 9.93. The number of anilines is 1. The Hall–Kier alpha value is -2.22. The molecule has 0 aliphatic rings. The van der Waals surface area contributed by atoms with Crippen LogP contribution in [0.4, 0.5) is 5.69 Å². The SMILES string of the molecule is COc1ccc(C#N)cc1NCCOC(C)=O. The molecule has 0 bridgehead atoms. The molecule has 0 fully saturated rings. The average molecular weight is 234 g/mol. The number of hydrogen-bond donors (Lipinski definition) is 1. The number of carbonyl (C=O) groups excluding carboxylic acids is 1. The summed E-state index contributed by atoms with van der Waals surface area (Å²) in [5.74, 6) is 0.330. The number of carbonyl (C=O) groups is 1. The molecule has 1 aromatic carbocycles. The van der Waals surface area contributed by atoms with Crippen LogP contribution in [0.5, 0.6) is 5.75 Å². The van der Waals surface area contributed by atoms with Crippen LogP contribution in [0, 0.1) is 11.3 Å². The van der Waals surface area contributed by atoms with Crippen molar-refractivity contribution in [1.29, 1.82) is 5.26 Å². The molecule has 0 heterocycles. The Labute approximate surface area is 100.0 Å². The molecule has 0 spiro atoms. The fraction of sp³-hybridized carbons (Fsp3) is 0.333. The lowest BCUT2D eigenvalue weighted by molar-refractivity contribution is -0.140. The molecule has 1 N–H and O–H groups in total. The summed E-state index contributed by atoms with van der Waals surface area (Å²) in [4.78, 5) is 10.6. The molecular weight excluding hydrogens is 220 g/mol. The van der Waals surface area contributed by atoms with Gasteiger partial charge in [-0.2, -0.15) is 5.26 Å². The van der Waals surface area contributed by atoms with Gasteiger partial charge >= 0.3 is 5.97 Å². The molecule has 0 amide bonds. The quantitative estimate of drug-likeness (QED) is 0.618. The van der Waals surface area contributed by atoms with Gasteiger partial charge in [0.1, 0.15) is 12.4 Å². The second-order valence-corrected chi connectivity index (χ2v) is 3.29. The number of methoxy groups -OCH3 is 1. The Morgan fingerprint density at radius 3 is 2.88 bits per heavy atom. The number of ether oxygens (including phenoxy) is 2. The predicted octanol–water partition coefficient (Wildman–Crippen LogP) is 1.54. The molecule has 0 aliphatic heterocycles. The first-order valence-electron chi connectivity index (χ1n) is 5.12. The van der Waals surface area contributed by atoms with E-state index in [4.69, 9.17) is 14.7 Å². The van der Waals surface area contributed by atoms with E-state index in [0.717, 1.165) is 0 Å². The van der Waals surface area contributed by atoms with Crippen molar-refractivity contribution in [3.8, 4) is 11.8 Å². The normalized spacial score (nSPS) is 9.24. The topological polar surface area (TPSA) is 71.3 Å². The predicted molar refractivity (Wildman–Crippen MR) is 62.8 cm³/mol. The van der Waals surface area contributed by atoms with E-state index in [0.29, 0.717) is 23.5 Å². The van der Waals surface area contributed by atoms with Gasteiger partial charge in [0.2, 0.25) is 0 Å². The maximum atomic E-state index is 10.6. The van der Waals surface area contributed by atoms with Crippen molar-refractivity contribution in [2.75, 3.05) is 25.6 Å². The first-order chi connectivity index (χ1) is 8.17. The van der Waals surface area contributed by atoms with Gasteiger partial charge in [0.05, 0.1) is 24.4 Å². The third-order valence-corrected chi connectivity index (χ3v) is 2.05. The molecule has 5 heteroatoms. The molecule has 17 heavy (non-hydrogen) atoms. The van der Waals surface area contributed by atoms with Crippen molar-refractivity contribution < 1.29 is 14.3 Å². The highest BCUT2D eigenvalue weighted by Gasteiger charge is 2.03. The molecule has 90 valence electrons. The van der Waals surface area contributed by atoms with Gasteiger partial charge in [-0.25, -0.2) is 0 Å². The van der Waals surface area contributed by atoms with E-state index in [1.54, 1.807) is 25.3 Å². The van der Waals surface area contributed by atoms with Crippen LogP contribution in [0.3, 0.4) is 0 Å². The van der Waals surface area contributed by atoms with Gasteiger partial charge in [0, 0.05) is 13.5 Å². The molecule has 0 unspecified atom stereocenters. The standard InChI is InChI=1S/C12H14N2O3/c1-9(15)17-6-5-14-11-7-10(8-13)3-4-12(11)16-2/h3-4,7,14H,5-6H2,1-2H3. The highest BCUT2D eigenvalue weighted by Crippen LogP contribution is 2.24. The minimum atomic E-state index is -0.315. The van der Waals surface area contributed by atoms with Crippen LogP contribution in [0.2, 0.25) is 0 Å². The molecule has 0 saturated heterocycles. The van der Waals surface area contributed by atoms with Gasteiger partial charge in [0.25, 0.3) is 0 Å². The smallest absolute Gasteiger partial charge is 0.302 e. The van der Waals surface area contributed by atoms with Crippen LogP contribution in [0.25, 0.3) is 0 Å². The first-order valence-corrected chi connectivity index (χ1v) is 5.12. The Morgan fingerprint density at radius 1 is 1.53 bits per heavy atom. The number of nitrogens with one attached hydrogen (secondary N) is 1. The lowest BCUT2D eigenvalue weighted by Gasteiger charge is -2.11. The Morgan fingerprint density at radius 2 is 2.29 bits per heavy atom. The van der Waals surface area contributed by atoms with Crippen molar-refractivity contribution in [3.05, 3.63) is 23.8 Å². The molecule has 0 saturated carbocycles. The summed E-state index contributed by atoms with van der Waals surface area (Å²) in [6.45, 7) is 2.09. The monoisotopic (exact) mass is 234 g/mol. The first kappa shape index (κ1) is 12.8. The van der Waals surface area contributed by atoms with Crippen LogP contribution in [0.15, 0.2) is 18.2 Å². The zero-order valence-electron chi connectivity index (χ0n) is 9.82. The summed E-state index contributed by atoms with van der Waals surface area (Å²) in [5, 5.41) is 11.8. The molecule has 0 atom stereocenters. The van der Waals surface area contributed by atoms with E-state index in [1.807, 2.05) is 6.07 Å². The number of benzene rings is 1. The van der Waals surface area contributed by atoms with Gasteiger partial charge in [-0.3, -0.25) is 4.79 Å². The summed E-state index contributed by atoms with van der Waals surface area (Å²) >= 11 is 0. The van der Waals surface area contributed by atoms with Gasteiger partial charge in [-0.1, -0.05) is 0 Å². The molecule has 0 aromatic heterocycles. The average Bonchev–Trinajstić information content (AvgIpc) is 2.34. The zero-order valence-corrected chi connectivity index (χ0v) is 9.82. The Bertz CT molecular complexity index is 438. The third-order valence-electron chi connectivity index (χ3n) is 2.05. The van der Waals surface area contributed by atoms with Gasteiger partial charge in [-0.05, 0) is 18.2 Å². The second kappa shape index (κ2) is 6.38. The van der Waals surface area contributed by atoms with Crippen LogP contribution >= 0.6 is 0 Å². The summed E-state index contributed by atoms with van der Waals surface area (Å²) in [6, 6.07) is 7.13. The molecule has 0 radical (unpaired) electrons. The number of nitrogens with zero attached hydrogens (tertiary/aromatic N) is 1. The van der Waals surface area contributed by atoms with E-state index in [2.05, 4.69) is 5.32 Å². The van der Waals surface area contributed by atoms with E-state index in [9.17, 15) is 4.79 Å². The fourth-order valence-electron chi connectivity index (χ4n) is 1.30. The number of esters is 1. The van der Waals surface area contributed by atoms with Gasteiger partial charge < -0.3 is 14.8 Å². The lowest BCUT2D eigenvalue weighted by Crippen LogP contribution is -2.12. The molecule has 0 aliphatic carbocycles. The van der Waals surface area contributed by atoms with E-state index < -0.39 is 0 Å². The largest absolute Gasteiger partial charge is 0.495 e. The number of nitriles is 1. The summed E-state index contributed by atoms with van der Waals surface area (Å²) in [5.41, 5.74) is 1.25. The molecule has 1 aromatic rings. The van der Waals surface area contributed by atoms with Gasteiger partial charge in [0.15, 0.2) is 0 Å². The van der Waals surface area contributed by atoms with Crippen molar-refractivity contribution in [2.24, 2.45) is 0 Å². The van der Waals surface area contributed by atoms with Crippen LogP contribution in [-0.2, 0) is 9.53 Å². The maximum absolute atomic E-state index is 10.6. The van der Waals surface area contributed by atoms with Crippen molar-refractivity contribution in [2.45, 2.75) is 6.92 Å². The van der Waals surface area contributed by atoms with Crippen molar-refractivity contribution in [3.63, 3.8) is 0 Å². The summed E-state index contributed by atoms with van der Waals surface area (Å²) in [6.07, 6.45) is 0. The van der Waals surface area contributed by atoms with Crippen molar-refractivity contribution >= 4 is 11.7 Å². The van der Waals surface area contributed by atoms with E-state index >= 15 is 0 Å². The highest BCUT2D eigenvalue weighted by molar-refractivity contribution is 5.66. The number of hydrogen-bond acceptors (Lipinski definition) is 5. The van der Waals surface area contributed by atoms with Gasteiger partial charge in [-0.15, -0.1) is 0 Å². The Balaban J connectivity index is 2.62. The lowest BCUT2D eigenvalue weighted by atomic mass is 10.2. The van der Waals surface area contributed by atoms with Crippen LogP contribution in [-0.4, -0.2) is 26.2 Å². The van der Waals surface area contributed by atoms with Crippen LogP contribution < -0.4 is 10.1 Å². The zero-order chi connectivity index (χ0) is 12.7. The van der Waals surface area contributed by atoms with E-state index in [-0.39, 0.29) is 12.6 Å².